The SMILES string of the molecule is C[C-]1C=CC2=C(C=N1)NC(=O)C2.[K+]. The smallest absolute Gasteiger partial charge is 0.385 e. The first-order valence-electron chi connectivity index (χ1n) is 3.84. The number of carbonyl (C=O) groups is 1. The molecule has 2 heterocycles. The van der Waals surface area contributed by atoms with Crippen LogP contribution in [0.2, 0.25) is 0 Å². The first kappa shape index (κ1) is 11.2. The van der Waals surface area contributed by atoms with E-state index in [1.165, 1.54) is 0 Å². The Hall–Kier alpha value is 0.126. The third-order valence-electron chi connectivity index (χ3n) is 1.89. The quantitative estimate of drug-likeness (QED) is 0.355. The van der Waals surface area contributed by atoms with Crippen LogP contribution in [0.5, 0.6) is 0 Å². The molecule has 2 aliphatic rings. The molecule has 4 heteroatoms. The predicted octanol–water partition coefficient (Wildman–Crippen LogP) is -2.04. The van der Waals surface area contributed by atoms with E-state index in [1.807, 2.05) is 19.1 Å². The topological polar surface area (TPSA) is 41.5 Å². The summed E-state index contributed by atoms with van der Waals surface area (Å²) < 4.78 is 0. The van der Waals surface area contributed by atoms with Crippen LogP contribution in [0.4, 0.5) is 0 Å². The molecule has 2 rings (SSSR count). The fraction of sp³-hybridized carbons (Fsp3) is 0.222. The van der Waals surface area contributed by atoms with Crippen LogP contribution < -0.4 is 56.7 Å². The molecule has 0 aromatic rings. The molecule has 0 radical (unpaired) electrons. The number of amides is 1. The molecule has 0 aromatic heterocycles. The van der Waals surface area contributed by atoms with E-state index in [4.69, 9.17) is 0 Å². The van der Waals surface area contributed by atoms with Crippen molar-refractivity contribution in [2.24, 2.45) is 4.99 Å². The molecule has 2 aliphatic heterocycles. The maximum Gasteiger partial charge on any atom is 1.00 e. The molecule has 0 fully saturated rings. The van der Waals surface area contributed by atoms with Gasteiger partial charge in [0.1, 0.15) is 0 Å². The largest absolute Gasteiger partial charge is 1.00 e. The summed E-state index contributed by atoms with van der Waals surface area (Å²) in [5, 5.41) is 2.74. The Bertz CT molecular complexity index is 290. The van der Waals surface area contributed by atoms with E-state index in [0.29, 0.717) is 6.42 Å². The molecule has 62 valence electrons. The minimum Gasteiger partial charge on any atom is -0.385 e. The van der Waals surface area contributed by atoms with Gasteiger partial charge in [0, 0.05) is 6.42 Å². The van der Waals surface area contributed by atoms with Gasteiger partial charge in [-0.05, 0) is 5.70 Å². The van der Waals surface area contributed by atoms with Crippen molar-refractivity contribution in [1.29, 1.82) is 0 Å². The minimum absolute atomic E-state index is 0. The average molecular weight is 200 g/mol. The third-order valence-corrected chi connectivity index (χ3v) is 1.89. The molecule has 0 aromatic carbocycles. The van der Waals surface area contributed by atoms with Crippen molar-refractivity contribution in [2.75, 3.05) is 0 Å². The fourth-order valence-electron chi connectivity index (χ4n) is 1.24. The molecular weight excluding hydrogens is 191 g/mol. The normalized spacial score (nSPS) is 19.5. The van der Waals surface area contributed by atoms with E-state index in [-0.39, 0.29) is 57.3 Å². The van der Waals surface area contributed by atoms with E-state index in [0.717, 1.165) is 17.3 Å². The van der Waals surface area contributed by atoms with Crippen LogP contribution in [-0.4, -0.2) is 12.1 Å². The zero-order valence-electron chi connectivity index (χ0n) is 7.79. The second-order valence-corrected chi connectivity index (χ2v) is 2.90. The van der Waals surface area contributed by atoms with Gasteiger partial charge in [0.15, 0.2) is 0 Å². The Kier molecular flexibility index (Phi) is 3.94. The summed E-state index contributed by atoms with van der Waals surface area (Å²) >= 11 is 0. The van der Waals surface area contributed by atoms with Crippen LogP contribution in [0, 0.1) is 6.04 Å². The van der Waals surface area contributed by atoms with Crippen LogP contribution in [0.25, 0.3) is 0 Å². The van der Waals surface area contributed by atoms with Crippen LogP contribution in [0.1, 0.15) is 13.3 Å². The number of carbonyl (C=O) groups excluding carboxylic acids is 1. The zero-order valence-corrected chi connectivity index (χ0v) is 10.9. The van der Waals surface area contributed by atoms with Gasteiger partial charge in [0.25, 0.3) is 0 Å². The van der Waals surface area contributed by atoms with Crippen molar-refractivity contribution in [3.8, 4) is 0 Å². The van der Waals surface area contributed by atoms with E-state index < -0.39 is 0 Å². The van der Waals surface area contributed by atoms with Gasteiger partial charge in [-0.1, -0.05) is 24.8 Å². The van der Waals surface area contributed by atoms with Crippen molar-refractivity contribution in [3.63, 3.8) is 0 Å². The number of hydrogen-bond acceptors (Lipinski definition) is 2. The van der Waals surface area contributed by atoms with Crippen LogP contribution in [0.15, 0.2) is 28.4 Å². The summed E-state index contributed by atoms with van der Waals surface area (Å²) in [6.45, 7) is 1.93. The molecular formula is C9H9KN2O. The fourth-order valence-corrected chi connectivity index (χ4v) is 1.24. The first-order chi connectivity index (χ1) is 5.75. The van der Waals surface area contributed by atoms with E-state index >= 15 is 0 Å². The first-order valence-corrected chi connectivity index (χ1v) is 3.84. The van der Waals surface area contributed by atoms with Gasteiger partial charge < -0.3 is 10.3 Å². The number of aliphatic imine (C=N–C) groups is 1. The summed E-state index contributed by atoms with van der Waals surface area (Å²) in [6, 6.07) is 0.957. The van der Waals surface area contributed by atoms with Crippen molar-refractivity contribution in [1.82, 2.24) is 5.32 Å². The van der Waals surface area contributed by atoms with Crippen molar-refractivity contribution < 1.29 is 56.2 Å². The summed E-state index contributed by atoms with van der Waals surface area (Å²) in [4.78, 5) is 15.1. The van der Waals surface area contributed by atoms with Gasteiger partial charge in [0.2, 0.25) is 5.91 Å². The third kappa shape index (κ3) is 2.54. The standard InChI is InChI=1S/C9H9N2O.K/c1-6-2-3-7-4-9(12)11-8(7)5-10-6;/h2-3,5H,4H2,1H3,(H,11,12);/q-1;+1. The van der Waals surface area contributed by atoms with Crippen LogP contribution in [-0.2, 0) is 4.79 Å². The number of rotatable bonds is 0. The van der Waals surface area contributed by atoms with Gasteiger partial charge in [-0.15, -0.1) is 0 Å². The molecule has 1 N–H and O–H groups in total. The second kappa shape index (κ2) is 4.57. The summed E-state index contributed by atoms with van der Waals surface area (Å²) in [7, 11) is 0. The zero-order chi connectivity index (χ0) is 8.55. The Morgan fingerprint density at radius 1 is 1.62 bits per heavy atom. The van der Waals surface area contributed by atoms with Crippen molar-refractivity contribution in [2.45, 2.75) is 13.3 Å². The van der Waals surface area contributed by atoms with E-state index in [1.54, 1.807) is 6.21 Å². The number of nitrogens with zero attached hydrogens (tertiary/aromatic N) is 1. The molecule has 0 atom stereocenters. The molecule has 0 spiro atoms. The molecule has 3 nitrogen and oxygen atoms in total. The maximum atomic E-state index is 10.9. The molecule has 0 saturated heterocycles. The molecule has 0 bridgehead atoms. The van der Waals surface area contributed by atoms with Gasteiger partial charge in [-0.25, -0.2) is 0 Å². The summed E-state index contributed by atoms with van der Waals surface area (Å²) in [5.74, 6) is 0.0515. The summed E-state index contributed by atoms with van der Waals surface area (Å²) in [5.41, 5.74) is 1.87. The van der Waals surface area contributed by atoms with Gasteiger partial charge >= 0.3 is 51.4 Å². The van der Waals surface area contributed by atoms with Gasteiger partial charge in [-0.3, -0.25) is 4.79 Å². The van der Waals surface area contributed by atoms with Crippen molar-refractivity contribution >= 4 is 12.1 Å². The Morgan fingerprint density at radius 3 is 3.15 bits per heavy atom. The molecule has 1 amide bonds. The Labute approximate surface area is 120 Å². The molecule has 0 aliphatic carbocycles. The van der Waals surface area contributed by atoms with Crippen LogP contribution in [0.3, 0.4) is 0 Å². The minimum atomic E-state index is 0. The molecule has 13 heavy (non-hydrogen) atoms. The van der Waals surface area contributed by atoms with Gasteiger partial charge in [0.05, 0.1) is 0 Å². The Balaban J connectivity index is 0.000000845. The Morgan fingerprint density at radius 2 is 2.38 bits per heavy atom. The number of allylic oxidation sites excluding steroid dienone is 2. The average Bonchev–Trinajstić information content (AvgIpc) is 2.31. The number of hydrogen-bond donors (Lipinski definition) is 1. The van der Waals surface area contributed by atoms with Gasteiger partial charge in [-0.2, -0.15) is 12.2 Å². The molecule has 0 unspecified atom stereocenters. The number of nitrogens with one attached hydrogen (secondary N) is 1. The van der Waals surface area contributed by atoms with E-state index in [9.17, 15) is 4.79 Å². The van der Waals surface area contributed by atoms with E-state index in [2.05, 4.69) is 10.3 Å². The van der Waals surface area contributed by atoms with Crippen molar-refractivity contribution in [3.05, 3.63) is 29.5 Å². The predicted molar refractivity (Wildman–Crippen MR) is 46.3 cm³/mol. The maximum absolute atomic E-state index is 10.9. The second-order valence-electron chi connectivity index (χ2n) is 2.90. The molecule has 0 saturated carbocycles. The van der Waals surface area contributed by atoms with Crippen LogP contribution >= 0.6 is 0 Å². The summed E-state index contributed by atoms with van der Waals surface area (Å²) in [6.07, 6.45) is 6.04. The monoisotopic (exact) mass is 200 g/mol.